The number of carbonyl (C=O) groups is 1. The van der Waals surface area contributed by atoms with Gasteiger partial charge in [0.15, 0.2) is 0 Å². The van der Waals surface area contributed by atoms with Crippen LogP contribution in [-0.4, -0.2) is 38.1 Å². The van der Waals surface area contributed by atoms with Gasteiger partial charge in [-0.1, -0.05) is 6.07 Å². The molecule has 0 fully saturated rings. The Hall–Kier alpha value is -1.07. The second kappa shape index (κ2) is 6.61. The summed E-state index contributed by atoms with van der Waals surface area (Å²) in [6.45, 7) is 1.31. The average molecular weight is 301 g/mol. The van der Waals surface area contributed by atoms with Crippen molar-refractivity contribution in [2.45, 2.75) is 6.42 Å². The van der Waals surface area contributed by atoms with E-state index in [9.17, 15) is 4.79 Å². The normalized spacial score (nSPS) is 10.3. The molecule has 0 spiro atoms. The van der Waals surface area contributed by atoms with Crippen LogP contribution in [0.1, 0.15) is 16.8 Å². The molecule has 4 nitrogen and oxygen atoms in total. The summed E-state index contributed by atoms with van der Waals surface area (Å²) in [6.07, 6.45) is 0.818. The van der Waals surface area contributed by atoms with Gasteiger partial charge in [-0.3, -0.25) is 4.79 Å². The number of methoxy groups -OCH3 is 1. The highest BCUT2D eigenvalue weighted by molar-refractivity contribution is 9.10. The molecule has 0 aromatic heterocycles. The molecule has 0 radical (unpaired) electrons. The first kappa shape index (κ1) is 14.0. The van der Waals surface area contributed by atoms with Gasteiger partial charge in [-0.15, -0.1) is 0 Å². The second-order valence-electron chi connectivity index (χ2n) is 3.78. The lowest BCUT2D eigenvalue weighted by atomic mass is 10.2. The van der Waals surface area contributed by atoms with Crippen LogP contribution in [0, 0.1) is 0 Å². The molecule has 0 unspecified atom stereocenters. The van der Waals surface area contributed by atoms with Crippen molar-refractivity contribution in [3.05, 3.63) is 28.2 Å². The first-order valence-corrected chi connectivity index (χ1v) is 6.15. The van der Waals surface area contributed by atoms with E-state index in [0.717, 1.165) is 6.42 Å². The Balaban J connectivity index is 2.71. The van der Waals surface area contributed by atoms with Crippen LogP contribution in [0.4, 0.5) is 5.69 Å². The van der Waals surface area contributed by atoms with Crippen molar-refractivity contribution in [3.63, 3.8) is 0 Å². The molecule has 0 heterocycles. The van der Waals surface area contributed by atoms with E-state index < -0.39 is 0 Å². The fourth-order valence-electron chi connectivity index (χ4n) is 1.47. The van der Waals surface area contributed by atoms with Gasteiger partial charge in [-0.05, 0) is 34.5 Å². The van der Waals surface area contributed by atoms with Gasteiger partial charge in [0.2, 0.25) is 0 Å². The van der Waals surface area contributed by atoms with Crippen molar-refractivity contribution in [3.8, 4) is 0 Å². The Labute approximate surface area is 110 Å². The topological polar surface area (TPSA) is 55.6 Å². The molecular formula is C12H17BrN2O2. The Morgan fingerprint density at radius 1 is 1.53 bits per heavy atom. The lowest BCUT2D eigenvalue weighted by Crippen LogP contribution is -2.28. The minimum Gasteiger partial charge on any atom is -0.398 e. The monoisotopic (exact) mass is 300 g/mol. The number of hydrogen-bond acceptors (Lipinski definition) is 3. The van der Waals surface area contributed by atoms with E-state index in [4.69, 9.17) is 10.5 Å². The van der Waals surface area contributed by atoms with Crippen LogP contribution in [0.2, 0.25) is 0 Å². The molecule has 0 saturated heterocycles. The first-order chi connectivity index (χ1) is 8.07. The zero-order valence-corrected chi connectivity index (χ0v) is 11.7. The van der Waals surface area contributed by atoms with E-state index in [1.807, 2.05) is 0 Å². The van der Waals surface area contributed by atoms with Gasteiger partial charge in [-0.25, -0.2) is 0 Å². The molecule has 1 aromatic carbocycles. The molecule has 94 valence electrons. The number of anilines is 1. The van der Waals surface area contributed by atoms with Gasteiger partial charge in [0.1, 0.15) is 0 Å². The van der Waals surface area contributed by atoms with Gasteiger partial charge in [-0.2, -0.15) is 0 Å². The van der Waals surface area contributed by atoms with Crippen LogP contribution in [0.3, 0.4) is 0 Å². The number of ether oxygens (including phenoxy) is 1. The molecule has 1 aromatic rings. The van der Waals surface area contributed by atoms with E-state index in [-0.39, 0.29) is 5.91 Å². The van der Waals surface area contributed by atoms with E-state index in [1.165, 1.54) is 0 Å². The van der Waals surface area contributed by atoms with Gasteiger partial charge in [0.05, 0.1) is 10.0 Å². The van der Waals surface area contributed by atoms with Crippen molar-refractivity contribution in [2.24, 2.45) is 0 Å². The maximum Gasteiger partial charge on any atom is 0.254 e. The Kier molecular flexibility index (Phi) is 5.44. The largest absolute Gasteiger partial charge is 0.398 e. The maximum absolute atomic E-state index is 12.1. The molecule has 1 amide bonds. The van der Waals surface area contributed by atoms with Crippen LogP contribution >= 0.6 is 15.9 Å². The predicted molar refractivity (Wildman–Crippen MR) is 72.0 cm³/mol. The standard InChI is InChI=1S/C12H17BrN2O2/c1-15(7-4-8-17-2)12(16)9-5-3-6-10(14)11(9)13/h3,5-6H,4,7-8,14H2,1-2H3. The summed E-state index contributed by atoms with van der Waals surface area (Å²) in [5.41, 5.74) is 6.90. The van der Waals surface area contributed by atoms with Crippen molar-refractivity contribution in [1.82, 2.24) is 4.90 Å². The fraction of sp³-hybridized carbons (Fsp3) is 0.417. The zero-order chi connectivity index (χ0) is 12.8. The highest BCUT2D eigenvalue weighted by Gasteiger charge is 2.15. The summed E-state index contributed by atoms with van der Waals surface area (Å²) < 4.78 is 5.61. The van der Waals surface area contributed by atoms with E-state index >= 15 is 0 Å². The Morgan fingerprint density at radius 3 is 2.88 bits per heavy atom. The lowest BCUT2D eigenvalue weighted by molar-refractivity contribution is 0.0778. The van der Waals surface area contributed by atoms with Crippen molar-refractivity contribution in [1.29, 1.82) is 0 Å². The third kappa shape index (κ3) is 3.71. The smallest absolute Gasteiger partial charge is 0.254 e. The van der Waals surface area contributed by atoms with Crippen molar-refractivity contribution in [2.75, 3.05) is 33.0 Å². The summed E-state index contributed by atoms with van der Waals surface area (Å²) in [6, 6.07) is 5.29. The summed E-state index contributed by atoms with van der Waals surface area (Å²) in [7, 11) is 3.42. The molecule has 0 aliphatic rings. The third-order valence-electron chi connectivity index (χ3n) is 2.45. The number of nitrogen functional groups attached to an aromatic ring is 1. The van der Waals surface area contributed by atoms with E-state index in [1.54, 1.807) is 37.3 Å². The van der Waals surface area contributed by atoms with Gasteiger partial charge < -0.3 is 15.4 Å². The average Bonchev–Trinajstić information content (AvgIpc) is 2.32. The molecule has 0 bridgehead atoms. The molecule has 5 heteroatoms. The number of nitrogens with two attached hydrogens (primary N) is 1. The first-order valence-electron chi connectivity index (χ1n) is 5.36. The quantitative estimate of drug-likeness (QED) is 0.669. The van der Waals surface area contributed by atoms with Crippen LogP contribution in [0.15, 0.2) is 22.7 Å². The summed E-state index contributed by atoms with van der Waals surface area (Å²) in [4.78, 5) is 13.8. The van der Waals surface area contributed by atoms with Gasteiger partial charge >= 0.3 is 0 Å². The van der Waals surface area contributed by atoms with E-state index in [0.29, 0.717) is 28.9 Å². The Morgan fingerprint density at radius 2 is 2.24 bits per heavy atom. The van der Waals surface area contributed by atoms with Crippen LogP contribution in [0.5, 0.6) is 0 Å². The highest BCUT2D eigenvalue weighted by atomic mass is 79.9. The van der Waals surface area contributed by atoms with Crippen LogP contribution in [0.25, 0.3) is 0 Å². The summed E-state index contributed by atoms with van der Waals surface area (Å²) in [5.74, 6) is -0.0414. The minimum absolute atomic E-state index is 0.0414. The molecular weight excluding hydrogens is 284 g/mol. The van der Waals surface area contributed by atoms with Crippen LogP contribution < -0.4 is 5.73 Å². The predicted octanol–water partition coefficient (Wildman–Crippen LogP) is 2.14. The lowest BCUT2D eigenvalue weighted by Gasteiger charge is -2.18. The summed E-state index contributed by atoms with van der Waals surface area (Å²) in [5, 5.41) is 0. The maximum atomic E-state index is 12.1. The molecule has 0 aliphatic heterocycles. The SMILES string of the molecule is COCCCN(C)C(=O)c1cccc(N)c1Br. The molecule has 2 N–H and O–H groups in total. The number of rotatable bonds is 5. The number of halogens is 1. The van der Waals surface area contributed by atoms with Crippen molar-refractivity contribution < 1.29 is 9.53 Å². The second-order valence-corrected chi connectivity index (χ2v) is 4.57. The van der Waals surface area contributed by atoms with Gasteiger partial charge in [0.25, 0.3) is 5.91 Å². The fourth-order valence-corrected chi connectivity index (χ4v) is 1.90. The molecule has 0 atom stereocenters. The zero-order valence-electron chi connectivity index (χ0n) is 10.1. The third-order valence-corrected chi connectivity index (χ3v) is 3.33. The number of hydrogen-bond donors (Lipinski definition) is 1. The molecule has 0 aliphatic carbocycles. The van der Waals surface area contributed by atoms with E-state index in [2.05, 4.69) is 15.9 Å². The number of carbonyl (C=O) groups excluding carboxylic acids is 1. The minimum atomic E-state index is -0.0414. The summed E-state index contributed by atoms with van der Waals surface area (Å²) >= 11 is 3.33. The molecule has 17 heavy (non-hydrogen) atoms. The number of benzene rings is 1. The van der Waals surface area contributed by atoms with Crippen LogP contribution in [-0.2, 0) is 4.74 Å². The molecule has 1 rings (SSSR count). The number of amides is 1. The molecule has 0 saturated carbocycles. The number of nitrogens with zero attached hydrogens (tertiary/aromatic N) is 1. The van der Waals surface area contributed by atoms with Gasteiger partial charge in [0, 0.05) is 33.0 Å². The highest BCUT2D eigenvalue weighted by Crippen LogP contribution is 2.24. The Bertz CT molecular complexity index is 396. The van der Waals surface area contributed by atoms with Crippen molar-refractivity contribution >= 4 is 27.5 Å².